The Morgan fingerprint density at radius 1 is 1.06 bits per heavy atom. The van der Waals surface area contributed by atoms with E-state index < -0.39 is 0 Å². The summed E-state index contributed by atoms with van der Waals surface area (Å²) in [5, 5.41) is 5.14. The number of aromatic nitrogens is 3. The van der Waals surface area contributed by atoms with Crippen molar-refractivity contribution in [2.75, 3.05) is 18.4 Å². The normalized spacial score (nSPS) is 15.2. The van der Waals surface area contributed by atoms with E-state index >= 15 is 0 Å². The van der Waals surface area contributed by atoms with Crippen molar-refractivity contribution in [2.45, 2.75) is 19.4 Å². The Morgan fingerprint density at radius 3 is 2.74 bits per heavy atom. The molecule has 0 saturated carbocycles. The van der Waals surface area contributed by atoms with Gasteiger partial charge in [0.05, 0.1) is 16.1 Å². The van der Waals surface area contributed by atoms with Crippen LogP contribution in [0.1, 0.15) is 18.5 Å². The third-order valence-electron chi connectivity index (χ3n) is 5.76. The number of anilines is 1. The van der Waals surface area contributed by atoms with Crippen LogP contribution >= 0.6 is 11.3 Å². The molecule has 4 heterocycles. The van der Waals surface area contributed by atoms with Crippen LogP contribution in [0.5, 0.6) is 0 Å². The molecule has 1 N–H and O–H groups in total. The van der Waals surface area contributed by atoms with Gasteiger partial charge in [0.15, 0.2) is 0 Å². The lowest BCUT2D eigenvalue weighted by Crippen LogP contribution is -2.38. The van der Waals surface area contributed by atoms with Gasteiger partial charge in [-0.15, -0.1) is 11.3 Å². The largest absolute Gasteiger partial charge is 0.310 e. The minimum Gasteiger partial charge on any atom is -0.310 e. The van der Waals surface area contributed by atoms with Crippen molar-refractivity contribution in [3.05, 3.63) is 72.3 Å². The van der Waals surface area contributed by atoms with Gasteiger partial charge >= 0.3 is 0 Å². The first kappa shape index (κ1) is 19.8. The molecule has 0 bridgehead atoms. The lowest BCUT2D eigenvalue weighted by Gasteiger charge is -2.30. The van der Waals surface area contributed by atoms with Crippen molar-refractivity contribution < 1.29 is 4.79 Å². The molecule has 7 heteroatoms. The minimum atomic E-state index is 0.0148. The molecule has 3 aromatic heterocycles. The number of nitrogens with zero attached hydrogens (tertiary/aromatic N) is 4. The van der Waals surface area contributed by atoms with Crippen LogP contribution in [0.25, 0.3) is 21.2 Å². The maximum Gasteiger partial charge on any atom is 0.228 e. The molecule has 5 rings (SSSR count). The molecule has 1 aromatic carbocycles. The highest BCUT2D eigenvalue weighted by Crippen LogP contribution is 2.28. The number of thiazole rings is 1. The molecule has 0 unspecified atom stereocenters. The molecule has 1 amide bonds. The van der Waals surface area contributed by atoms with Gasteiger partial charge in [-0.05, 0) is 61.1 Å². The van der Waals surface area contributed by atoms with Crippen LogP contribution in [0, 0.1) is 5.92 Å². The predicted molar refractivity (Wildman–Crippen MR) is 124 cm³/mol. The molecule has 1 saturated heterocycles. The summed E-state index contributed by atoms with van der Waals surface area (Å²) in [6.07, 6.45) is 7.21. The van der Waals surface area contributed by atoms with Crippen LogP contribution in [0.15, 0.2) is 66.6 Å². The SMILES string of the molecule is O=C(Nc1cc2cc(-c3cncs3)ccc2cn1)C1CCN(Cc2ccccn2)CC1. The molecule has 0 aliphatic carbocycles. The number of benzene rings is 1. The smallest absolute Gasteiger partial charge is 0.228 e. The molecule has 0 radical (unpaired) electrons. The van der Waals surface area contributed by atoms with Crippen LogP contribution < -0.4 is 5.32 Å². The average molecular weight is 430 g/mol. The number of likely N-dealkylation sites (tertiary alicyclic amines) is 1. The molecule has 4 aromatic rings. The lowest BCUT2D eigenvalue weighted by atomic mass is 9.95. The van der Waals surface area contributed by atoms with Crippen LogP contribution in [0.2, 0.25) is 0 Å². The van der Waals surface area contributed by atoms with E-state index in [9.17, 15) is 4.79 Å². The second kappa shape index (κ2) is 8.91. The maximum atomic E-state index is 12.8. The van der Waals surface area contributed by atoms with Gasteiger partial charge in [0, 0.05) is 36.4 Å². The van der Waals surface area contributed by atoms with Crippen molar-refractivity contribution >= 4 is 33.8 Å². The van der Waals surface area contributed by atoms with Crippen LogP contribution in [0.4, 0.5) is 5.82 Å². The van der Waals surface area contributed by atoms with Crippen molar-refractivity contribution in [1.29, 1.82) is 0 Å². The number of amides is 1. The molecule has 1 fully saturated rings. The van der Waals surface area contributed by atoms with Crippen LogP contribution in [0.3, 0.4) is 0 Å². The highest BCUT2D eigenvalue weighted by molar-refractivity contribution is 7.13. The summed E-state index contributed by atoms with van der Waals surface area (Å²) in [7, 11) is 0. The second-order valence-electron chi connectivity index (χ2n) is 7.86. The van der Waals surface area contributed by atoms with Crippen molar-refractivity contribution in [3.8, 4) is 10.4 Å². The van der Waals surface area contributed by atoms with Crippen molar-refractivity contribution in [1.82, 2.24) is 19.9 Å². The second-order valence-corrected chi connectivity index (χ2v) is 8.74. The maximum absolute atomic E-state index is 12.8. The summed E-state index contributed by atoms with van der Waals surface area (Å²) < 4.78 is 0. The fourth-order valence-corrected chi connectivity index (χ4v) is 4.64. The molecule has 6 nitrogen and oxygen atoms in total. The van der Waals surface area contributed by atoms with E-state index in [1.807, 2.05) is 48.4 Å². The molecule has 0 spiro atoms. The topological polar surface area (TPSA) is 71.0 Å². The zero-order valence-corrected chi connectivity index (χ0v) is 17.9. The number of pyridine rings is 2. The number of piperidine rings is 1. The standard InChI is InChI=1S/C24H23N5OS/c30-24(17-6-9-29(10-7-17)15-21-3-1-2-8-26-21)28-23-12-20-11-18(22-14-25-16-31-22)4-5-19(20)13-27-23/h1-5,8,11-14,16-17H,6-7,9-10,15H2,(H,27,28,30). The van der Waals surface area contributed by atoms with Crippen LogP contribution in [-0.2, 0) is 11.3 Å². The van der Waals surface area contributed by atoms with Gasteiger partial charge in [0.2, 0.25) is 5.91 Å². The summed E-state index contributed by atoms with van der Waals surface area (Å²) in [5.41, 5.74) is 4.03. The number of hydrogen-bond donors (Lipinski definition) is 1. The van der Waals surface area contributed by atoms with Gasteiger partial charge in [0.25, 0.3) is 0 Å². The third kappa shape index (κ3) is 4.62. The fourth-order valence-electron chi connectivity index (χ4n) is 4.02. The predicted octanol–water partition coefficient (Wildman–Crippen LogP) is 4.60. The molecular weight excluding hydrogens is 406 g/mol. The molecule has 156 valence electrons. The Balaban J connectivity index is 1.22. The molecule has 1 aliphatic heterocycles. The van der Waals surface area contributed by atoms with Crippen molar-refractivity contribution in [3.63, 3.8) is 0 Å². The van der Waals surface area contributed by atoms with E-state index in [0.717, 1.165) is 59.4 Å². The summed E-state index contributed by atoms with van der Waals surface area (Å²) >= 11 is 1.61. The van der Waals surface area contributed by atoms with Crippen molar-refractivity contribution in [2.24, 2.45) is 5.92 Å². The summed E-state index contributed by atoms with van der Waals surface area (Å²) in [6, 6.07) is 14.2. The molecular formula is C24H23N5OS. The first-order valence-corrected chi connectivity index (χ1v) is 11.3. The highest BCUT2D eigenvalue weighted by atomic mass is 32.1. The fraction of sp³-hybridized carbons (Fsp3) is 0.250. The quantitative estimate of drug-likeness (QED) is 0.502. The lowest BCUT2D eigenvalue weighted by molar-refractivity contribution is -0.121. The van der Waals surface area contributed by atoms with E-state index in [1.165, 1.54) is 0 Å². The van der Waals surface area contributed by atoms with E-state index in [1.54, 1.807) is 11.3 Å². The first-order chi connectivity index (χ1) is 15.2. The third-order valence-corrected chi connectivity index (χ3v) is 6.58. The molecule has 0 atom stereocenters. The highest BCUT2D eigenvalue weighted by Gasteiger charge is 2.25. The zero-order valence-electron chi connectivity index (χ0n) is 17.1. The molecule has 31 heavy (non-hydrogen) atoms. The number of carbonyl (C=O) groups excluding carboxylic acids is 1. The van der Waals surface area contributed by atoms with Crippen LogP contribution in [-0.4, -0.2) is 38.8 Å². The van der Waals surface area contributed by atoms with E-state index in [-0.39, 0.29) is 11.8 Å². The Hall–Kier alpha value is -3.16. The Bertz CT molecular complexity index is 1170. The van der Waals surface area contributed by atoms with E-state index in [2.05, 4.69) is 43.4 Å². The number of rotatable bonds is 5. The van der Waals surface area contributed by atoms with Gasteiger partial charge in [0.1, 0.15) is 5.82 Å². The number of fused-ring (bicyclic) bond motifs is 1. The zero-order chi connectivity index (χ0) is 21.0. The van der Waals surface area contributed by atoms with E-state index in [4.69, 9.17) is 0 Å². The van der Waals surface area contributed by atoms with Gasteiger partial charge < -0.3 is 5.32 Å². The summed E-state index contributed by atoms with van der Waals surface area (Å²) in [5.74, 6) is 0.679. The Labute approximate surface area is 185 Å². The molecule has 1 aliphatic rings. The Morgan fingerprint density at radius 2 is 1.97 bits per heavy atom. The average Bonchev–Trinajstić information content (AvgIpc) is 3.35. The van der Waals surface area contributed by atoms with Gasteiger partial charge in [-0.3, -0.25) is 19.7 Å². The first-order valence-electron chi connectivity index (χ1n) is 10.5. The summed E-state index contributed by atoms with van der Waals surface area (Å²) in [6.45, 7) is 2.64. The van der Waals surface area contributed by atoms with Gasteiger partial charge in [-0.25, -0.2) is 4.98 Å². The number of hydrogen-bond acceptors (Lipinski definition) is 6. The van der Waals surface area contributed by atoms with Gasteiger partial charge in [-0.2, -0.15) is 0 Å². The van der Waals surface area contributed by atoms with E-state index in [0.29, 0.717) is 5.82 Å². The minimum absolute atomic E-state index is 0.0148. The summed E-state index contributed by atoms with van der Waals surface area (Å²) in [4.78, 5) is 29.3. The van der Waals surface area contributed by atoms with Gasteiger partial charge in [-0.1, -0.05) is 18.2 Å². The monoisotopic (exact) mass is 429 g/mol. The number of nitrogens with one attached hydrogen (secondary N) is 1. The number of carbonyl (C=O) groups is 1. The Kier molecular flexibility index (Phi) is 5.69.